The first-order chi connectivity index (χ1) is 9.24. The molecule has 0 fully saturated rings. The first-order valence-electron chi connectivity index (χ1n) is 7.07. The molecule has 2 rings (SSSR count). The number of nitrogens with zero attached hydrogens (tertiary/aromatic N) is 2. The van der Waals surface area contributed by atoms with Gasteiger partial charge < -0.3 is 10.6 Å². The fourth-order valence-corrected chi connectivity index (χ4v) is 2.34. The van der Waals surface area contributed by atoms with Crippen LogP contribution < -0.4 is 5.73 Å². The summed E-state index contributed by atoms with van der Waals surface area (Å²) in [5.41, 5.74) is 8.49. The van der Waals surface area contributed by atoms with Crippen molar-refractivity contribution >= 4 is 10.9 Å². The Kier molecular flexibility index (Phi) is 4.88. The lowest BCUT2D eigenvalue weighted by molar-refractivity contribution is 0.291. The Hall–Kier alpha value is -1.45. The van der Waals surface area contributed by atoms with Crippen molar-refractivity contribution in [3.05, 3.63) is 42.1 Å². The molecule has 0 saturated heterocycles. The van der Waals surface area contributed by atoms with Gasteiger partial charge in [-0.1, -0.05) is 32.0 Å². The van der Waals surface area contributed by atoms with Crippen LogP contribution in [0.25, 0.3) is 10.9 Å². The summed E-state index contributed by atoms with van der Waals surface area (Å²) < 4.78 is 0. The molecule has 0 bridgehead atoms. The van der Waals surface area contributed by atoms with Crippen molar-refractivity contribution in [2.75, 3.05) is 19.6 Å². The molecule has 1 unspecified atom stereocenters. The van der Waals surface area contributed by atoms with Gasteiger partial charge in [0.1, 0.15) is 0 Å². The molecule has 0 aliphatic heterocycles. The molecule has 0 aliphatic rings. The number of hydrogen-bond acceptors (Lipinski definition) is 3. The van der Waals surface area contributed by atoms with E-state index in [1.807, 2.05) is 12.3 Å². The summed E-state index contributed by atoms with van der Waals surface area (Å²) in [6, 6.07) is 10.5. The average molecular weight is 257 g/mol. The first kappa shape index (κ1) is 14.0. The summed E-state index contributed by atoms with van der Waals surface area (Å²) in [7, 11) is 0. The summed E-state index contributed by atoms with van der Waals surface area (Å²) >= 11 is 0. The van der Waals surface area contributed by atoms with Gasteiger partial charge in [-0.15, -0.1) is 0 Å². The van der Waals surface area contributed by atoms with E-state index < -0.39 is 0 Å². The van der Waals surface area contributed by atoms with Crippen molar-refractivity contribution in [3.63, 3.8) is 0 Å². The zero-order valence-electron chi connectivity index (χ0n) is 11.8. The highest BCUT2D eigenvalue weighted by Gasteiger charge is 2.09. The fraction of sp³-hybridized carbons (Fsp3) is 0.438. The molecular formula is C16H23N3. The van der Waals surface area contributed by atoms with E-state index in [1.165, 1.54) is 10.9 Å². The maximum Gasteiger partial charge on any atom is 0.0705 e. The molecular weight excluding hydrogens is 234 g/mol. The number of hydrogen-bond donors (Lipinski definition) is 1. The predicted octanol–water partition coefficient (Wildman–Crippen LogP) is 2.97. The second kappa shape index (κ2) is 6.64. The molecule has 1 atom stereocenters. The van der Waals surface area contributed by atoms with E-state index in [4.69, 9.17) is 5.73 Å². The Bertz CT molecular complexity index is 520. The van der Waals surface area contributed by atoms with E-state index in [2.05, 4.69) is 48.0 Å². The van der Waals surface area contributed by atoms with Gasteiger partial charge >= 0.3 is 0 Å². The van der Waals surface area contributed by atoms with E-state index in [0.29, 0.717) is 0 Å². The quantitative estimate of drug-likeness (QED) is 0.865. The molecule has 0 radical (unpaired) electrons. The first-order valence-corrected chi connectivity index (χ1v) is 7.07. The molecule has 0 amide bonds. The third kappa shape index (κ3) is 3.52. The van der Waals surface area contributed by atoms with E-state index in [9.17, 15) is 0 Å². The predicted molar refractivity (Wildman–Crippen MR) is 81.1 cm³/mol. The van der Waals surface area contributed by atoms with Crippen LogP contribution in [0.4, 0.5) is 0 Å². The molecule has 1 aromatic heterocycles. The van der Waals surface area contributed by atoms with Gasteiger partial charge in [0.2, 0.25) is 0 Å². The van der Waals surface area contributed by atoms with Gasteiger partial charge in [-0.3, -0.25) is 4.98 Å². The molecule has 1 aromatic carbocycles. The lowest BCUT2D eigenvalue weighted by Gasteiger charge is -2.20. The van der Waals surface area contributed by atoms with Crippen molar-refractivity contribution in [2.45, 2.75) is 26.3 Å². The zero-order valence-corrected chi connectivity index (χ0v) is 11.8. The van der Waals surface area contributed by atoms with Gasteiger partial charge in [-0.05, 0) is 43.8 Å². The molecule has 0 aliphatic carbocycles. The highest BCUT2D eigenvalue weighted by molar-refractivity contribution is 5.78. The van der Waals surface area contributed by atoms with Crippen molar-refractivity contribution < 1.29 is 0 Å². The Labute approximate surface area is 115 Å². The van der Waals surface area contributed by atoms with E-state index in [0.717, 1.165) is 31.6 Å². The summed E-state index contributed by atoms with van der Waals surface area (Å²) in [4.78, 5) is 6.79. The SMILES string of the molecule is CCN(CC)CCC(N)c1ccc2cccnc2c1. The number of pyridine rings is 1. The number of nitrogens with two attached hydrogens (primary N) is 1. The van der Waals surface area contributed by atoms with Crippen LogP contribution in [0.5, 0.6) is 0 Å². The fourth-order valence-electron chi connectivity index (χ4n) is 2.34. The van der Waals surface area contributed by atoms with Gasteiger partial charge in [-0.25, -0.2) is 0 Å². The molecule has 2 aromatic rings. The standard InChI is InChI=1S/C16H23N3/c1-3-19(4-2)11-9-15(17)14-8-7-13-6-5-10-18-16(13)12-14/h5-8,10,12,15H,3-4,9,11,17H2,1-2H3. The highest BCUT2D eigenvalue weighted by atomic mass is 15.1. The zero-order chi connectivity index (χ0) is 13.7. The second-order valence-electron chi connectivity index (χ2n) is 4.88. The molecule has 3 heteroatoms. The molecule has 2 N–H and O–H groups in total. The van der Waals surface area contributed by atoms with Crippen molar-refractivity contribution in [1.29, 1.82) is 0 Å². The Balaban J connectivity index is 2.06. The molecule has 3 nitrogen and oxygen atoms in total. The summed E-state index contributed by atoms with van der Waals surface area (Å²) in [5, 5.41) is 1.17. The number of aromatic nitrogens is 1. The number of fused-ring (bicyclic) bond motifs is 1. The van der Waals surface area contributed by atoms with Gasteiger partial charge in [0.05, 0.1) is 5.52 Å². The smallest absolute Gasteiger partial charge is 0.0705 e. The van der Waals surface area contributed by atoms with Gasteiger partial charge in [-0.2, -0.15) is 0 Å². The second-order valence-corrected chi connectivity index (χ2v) is 4.88. The summed E-state index contributed by atoms with van der Waals surface area (Å²) in [6.07, 6.45) is 2.81. The van der Waals surface area contributed by atoms with Crippen molar-refractivity contribution in [3.8, 4) is 0 Å². The van der Waals surface area contributed by atoms with Crippen LogP contribution >= 0.6 is 0 Å². The van der Waals surface area contributed by atoms with Gasteiger partial charge in [0.25, 0.3) is 0 Å². The maximum atomic E-state index is 6.29. The Morgan fingerprint density at radius 2 is 2.00 bits per heavy atom. The van der Waals surface area contributed by atoms with Crippen molar-refractivity contribution in [2.24, 2.45) is 5.73 Å². The van der Waals surface area contributed by atoms with Crippen LogP contribution in [0.2, 0.25) is 0 Å². The minimum Gasteiger partial charge on any atom is -0.324 e. The summed E-state index contributed by atoms with van der Waals surface area (Å²) in [6.45, 7) is 7.60. The van der Waals surface area contributed by atoms with E-state index in [-0.39, 0.29) is 6.04 Å². The normalized spacial score (nSPS) is 13.1. The summed E-state index contributed by atoms with van der Waals surface area (Å²) in [5.74, 6) is 0. The maximum absolute atomic E-state index is 6.29. The van der Waals surface area contributed by atoms with Gasteiger partial charge in [0, 0.05) is 17.6 Å². The van der Waals surface area contributed by atoms with E-state index >= 15 is 0 Å². The largest absolute Gasteiger partial charge is 0.324 e. The van der Waals surface area contributed by atoms with Crippen molar-refractivity contribution in [1.82, 2.24) is 9.88 Å². The number of rotatable bonds is 6. The highest BCUT2D eigenvalue weighted by Crippen LogP contribution is 2.19. The molecule has 0 spiro atoms. The third-order valence-electron chi connectivity index (χ3n) is 3.71. The Morgan fingerprint density at radius 1 is 1.21 bits per heavy atom. The van der Waals surface area contributed by atoms with E-state index in [1.54, 1.807) is 0 Å². The average Bonchev–Trinajstić information content (AvgIpc) is 2.47. The minimum atomic E-state index is 0.0898. The molecule has 19 heavy (non-hydrogen) atoms. The van der Waals surface area contributed by atoms with Crippen LogP contribution in [-0.2, 0) is 0 Å². The molecule has 0 saturated carbocycles. The minimum absolute atomic E-state index is 0.0898. The van der Waals surface area contributed by atoms with Crippen LogP contribution in [-0.4, -0.2) is 29.5 Å². The monoisotopic (exact) mass is 257 g/mol. The Morgan fingerprint density at radius 3 is 2.74 bits per heavy atom. The lowest BCUT2D eigenvalue weighted by atomic mass is 10.0. The number of benzene rings is 1. The third-order valence-corrected chi connectivity index (χ3v) is 3.71. The van der Waals surface area contributed by atoms with Crippen LogP contribution in [0.15, 0.2) is 36.5 Å². The van der Waals surface area contributed by atoms with Gasteiger partial charge in [0.15, 0.2) is 0 Å². The van der Waals surface area contributed by atoms with Crippen LogP contribution in [0, 0.1) is 0 Å². The topological polar surface area (TPSA) is 42.1 Å². The van der Waals surface area contributed by atoms with Crippen LogP contribution in [0.1, 0.15) is 31.9 Å². The van der Waals surface area contributed by atoms with Crippen LogP contribution in [0.3, 0.4) is 0 Å². The lowest BCUT2D eigenvalue weighted by Crippen LogP contribution is -2.27. The molecule has 1 heterocycles. The molecule has 102 valence electrons.